The van der Waals surface area contributed by atoms with E-state index in [2.05, 4.69) is 39.0 Å². The number of hydrogen-bond donors (Lipinski definition) is 0. The summed E-state index contributed by atoms with van der Waals surface area (Å²) in [6.45, 7) is 6.79. The van der Waals surface area contributed by atoms with E-state index >= 15 is 0 Å². The van der Waals surface area contributed by atoms with Gasteiger partial charge in [-0.1, -0.05) is 37.6 Å². The standard InChI is InChI=1S/C12H20/c1-4-11-7-6-10(3)12(5-2)9-8-11/h6,8-9,11-12H,4-5,7H2,1-3H3. The molecule has 0 heterocycles. The van der Waals surface area contributed by atoms with Crippen LogP contribution in [-0.2, 0) is 0 Å². The van der Waals surface area contributed by atoms with Gasteiger partial charge in [-0.25, -0.2) is 0 Å². The van der Waals surface area contributed by atoms with Crippen LogP contribution in [-0.4, -0.2) is 0 Å². The van der Waals surface area contributed by atoms with E-state index in [1.54, 1.807) is 5.57 Å². The maximum atomic E-state index is 2.42. The Morgan fingerprint density at radius 2 is 2.00 bits per heavy atom. The van der Waals surface area contributed by atoms with Crippen LogP contribution >= 0.6 is 0 Å². The smallest absolute Gasteiger partial charge is 0.00286 e. The summed E-state index contributed by atoms with van der Waals surface area (Å²) >= 11 is 0. The van der Waals surface area contributed by atoms with Crippen molar-refractivity contribution in [1.82, 2.24) is 0 Å². The summed E-state index contributed by atoms with van der Waals surface area (Å²) in [5, 5.41) is 0. The molecule has 1 aliphatic rings. The van der Waals surface area contributed by atoms with Gasteiger partial charge in [0.05, 0.1) is 0 Å². The molecule has 0 saturated heterocycles. The average Bonchev–Trinajstić information content (AvgIpc) is 2.27. The summed E-state index contributed by atoms with van der Waals surface area (Å²) in [6, 6.07) is 0. The highest BCUT2D eigenvalue weighted by atomic mass is 14.2. The zero-order valence-corrected chi connectivity index (χ0v) is 8.51. The lowest BCUT2D eigenvalue weighted by atomic mass is 9.98. The molecule has 2 unspecified atom stereocenters. The molecular formula is C12H20. The monoisotopic (exact) mass is 164 g/mol. The van der Waals surface area contributed by atoms with E-state index in [1.165, 1.54) is 19.3 Å². The third-order valence-corrected chi connectivity index (χ3v) is 2.91. The average molecular weight is 164 g/mol. The van der Waals surface area contributed by atoms with Crippen molar-refractivity contribution in [2.75, 3.05) is 0 Å². The van der Waals surface area contributed by atoms with Gasteiger partial charge in [0.25, 0.3) is 0 Å². The molecule has 0 bridgehead atoms. The van der Waals surface area contributed by atoms with Crippen LogP contribution in [0.1, 0.15) is 40.0 Å². The van der Waals surface area contributed by atoms with Crippen molar-refractivity contribution in [2.24, 2.45) is 11.8 Å². The van der Waals surface area contributed by atoms with Gasteiger partial charge in [-0.2, -0.15) is 0 Å². The number of rotatable bonds is 2. The van der Waals surface area contributed by atoms with E-state index < -0.39 is 0 Å². The van der Waals surface area contributed by atoms with Crippen LogP contribution in [0.15, 0.2) is 23.8 Å². The summed E-state index contributed by atoms with van der Waals surface area (Å²) in [7, 11) is 0. The van der Waals surface area contributed by atoms with Gasteiger partial charge in [-0.05, 0) is 38.0 Å². The summed E-state index contributed by atoms with van der Waals surface area (Å²) in [6.07, 6.45) is 11.0. The predicted octanol–water partition coefficient (Wildman–Crippen LogP) is 3.95. The fraction of sp³-hybridized carbons (Fsp3) is 0.667. The van der Waals surface area contributed by atoms with E-state index in [0.717, 1.165) is 5.92 Å². The summed E-state index contributed by atoms with van der Waals surface area (Å²) in [5.41, 5.74) is 1.56. The van der Waals surface area contributed by atoms with Crippen LogP contribution in [0.25, 0.3) is 0 Å². The third-order valence-electron chi connectivity index (χ3n) is 2.91. The van der Waals surface area contributed by atoms with E-state index in [9.17, 15) is 0 Å². The topological polar surface area (TPSA) is 0 Å². The fourth-order valence-electron chi connectivity index (χ4n) is 1.77. The summed E-state index contributed by atoms with van der Waals surface area (Å²) in [4.78, 5) is 0. The van der Waals surface area contributed by atoms with E-state index in [-0.39, 0.29) is 0 Å². The molecule has 0 aromatic carbocycles. The predicted molar refractivity (Wildman–Crippen MR) is 55.1 cm³/mol. The van der Waals surface area contributed by atoms with Crippen LogP contribution < -0.4 is 0 Å². The van der Waals surface area contributed by atoms with Crippen molar-refractivity contribution in [3.63, 3.8) is 0 Å². The van der Waals surface area contributed by atoms with Gasteiger partial charge < -0.3 is 0 Å². The maximum absolute atomic E-state index is 2.42. The first-order valence-electron chi connectivity index (χ1n) is 5.12. The largest absolute Gasteiger partial charge is 0.0845 e. The van der Waals surface area contributed by atoms with Gasteiger partial charge in [-0.15, -0.1) is 0 Å². The van der Waals surface area contributed by atoms with Gasteiger partial charge in [0, 0.05) is 0 Å². The molecule has 12 heavy (non-hydrogen) atoms. The molecule has 0 aliphatic heterocycles. The van der Waals surface area contributed by atoms with Crippen LogP contribution in [0.5, 0.6) is 0 Å². The Bertz CT molecular complexity index is 186. The fourth-order valence-corrected chi connectivity index (χ4v) is 1.77. The second-order valence-electron chi connectivity index (χ2n) is 3.75. The molecular weight excluding hydrogens is 144 g/mol. The highest BCUT2D eigenvalue weighted by Gasteiger charge is 2.10. The highest BCUT2D eigenvalue weighted by molar-refractivity contribution is 5.15. The molecule has 0 heteroatoms. The summed E-state index contributed by atoms with van der Waals surface area (Å²) in [5.74, 6) is 1.50. The third kappa shape index (κ3) is 2.23. The molecule has 0 amide bonds. The molecule has 68 valence electrons. The Labute approximate surface area is 76.4 Å². The van der Waals surface area contributed by atoms with Crippen molar-refractivity contribution in [3.8, 4) is 0 Å². The molecule has 0 aromatic rings. The lowest BCUT2D eigenvalue weighted by Crippen LogP contribution is -1.94. The van der Waals surface area contributed by atoms with Gasteiger partial charge in [0.15, 0.2) is 0 Å². The first-order chi connectivity index (χ1) is 5.77. The Morgan fingerprint density at radius 1 is 1.25 bits per heavy atom. The van der Waals surface area contributed by atoms with Gasteiger partial charge in [-0.3, -0.25) is 0 Å². The summed E-state index contributed by atoms with van der Waals surface area (Å²) < 4.78 is 0. The number of allylic oxidation sites excluding steroid dienone is 4. The zero-order valence-electron chi connectivity index (χ0n) is 8.51. The second kappa shape index (κ2) is 4.49. The molecule has 0 saturated carbocycles. The minimum absolute atomic E-state index is 0.710. The molecule has 0 N–H and O–H groups in total. The molecule has 0 spiro atoms. The lowest BCUT2D eigenvalue weighted by Gasteiger charge is -2.07. The van der Waals surface area contributed by atoms with Crippen LogP contribution in [0.3, 0.4) is 0 Å². The Morgan fingerprint density at radius 3 is 2.58 bits per heavy atom. The molecule has 0 nitrogen and oxygen atoms in total. The first-order valence-corrected chi connectivity index (χ1v) is 5.12. The van der Waals surface area contributed by atoms with Crippen LogP contribution in [0.2, 0.25) is 0 Å². The first kappa shape index (κ1) is 9.57. The van der Waals surface area contributed by atoms with Crippen molar-refractivity contribution in [3.05, 3.63) is 23.8 Å². The Balaban J connectivity index is 2.68. The quantitative estimate of drug-likeness (QED) is 0.542. The second-order valence-corrected chi connectivity index (χ2v) is 3.75. The Hall–Kier alpha value is -0.520. The number of hydrogen-bond acceptors (Lipinski definition) is 0. The van der Waals surface area contributed by atoms with E-state index in [0.29, 0.717) is 5.92 Å². The minimum Gasteiger partial charge on any atom is -0.0845 e. The molecule has 1 aliphatic carbocycles. The van der Waals surface area contributed by atoms with Crippen molar-refractivity contribution in [1.29, 1.82) is 0 Å². The minimum atomic E-state index is 0.710. The SMILES string of the molecule is CCC1C=CC(CC)C(C)=CC1. The lowest BCUT2D eigenvalue weighted by molar-refractivity contribution is 0.639. The molecule has 2 atom stereocenters. The molecule has 1 rings (SSSR count). The van der Waals surface area contributed by atoms with Gasteiger partial charge >= 0.3 is 0 Å². The van der Waals surface area contributed by atoms with Crippen molar-refractivity contribution in [2.45, 2.75) is 40.0 Å². The molecule has 0 radical (unpaired) electrons. The van der Waals surface area contributed by atoms with E-state index in [1.807, 2.05) is 0 Å². The van der Waals surface area contributed by atoms with Crippen molar-refractivity contribution < 1.29 is 0 Å². The van der Waals surface area contributed by atoms with Gasteiger partial charge in [0.1, 0.15) is 0 Å². The van der Waals surface area contributed by atoms with Crippen LogP contribution in [0.4, 0.5) is 0 Å². The van der Waals surface area contributed by atoms with Gasteiger partial charge in [0.2, 0.25) is 0 Å². The van der Waals surface area contributed by atoms with Crippen LogP contribution in [0, 0.1) is 11.8 Å². The van der Waals surface area contributed by atoms with Crippen molar-refractivity contribution >= 4 is 0 Å². The molecule has 0 fully saturated rings. The Kier molecular flexibility index (Phi) is 3.58. The maximum Gasteiger partial charge on any atom is -0.00286 e. The molecule has 0 aromatic heterocycles. The van der Waals surface area contributed by atoms with E-state index in [4.69, 9.17) is 0 Å². The normalized spacial score (nSPS) is 29.8. The zero-order chi connectivity index (χ0) is 8.97. The highest BCUT2D eigenvalue weighted by Crippen LogP contribution is 2.24.